The molecule has 0 spiro atoms. The summed E-state index contributed by atoms with van der Waals surface area (Å²) in [5.41, 5.74) is 0.622. The normalized spacial score (nSPS) is 24.9. The summed E-state index contributed by atoms with van der Waals surface area (Å²) in [7, 11) is -3.13. The number of sulfonamides is 1. The number of carbonyl (C=O) groups is 1. The molecule has 0 radical (unpaired) electrons. The number of rotatable bonds is 4. The largest absolute Gasteiger partial charge is 0.469 e. The van der Waals surface area contributed by atoms with Crippen LogP contribution in [-0.4, -0.2) is 55.0 Å². The van der Waals surface area contributed by atoms with E-state index in [1.165, 1.54) is 0 Å². The predicted molar refractivity (Wildman–Crippen MR) is 86.7 cm³/mol. The fraction of sp³-hybridized carbons (Fsp3) is 0.688. The maximum absolute atomic E-state index is 12.8. The third-order valence-electron chi connectivity index (χ3n) is 4.68. The van der Waals surface area contributed by atoms with Crippen LogP contribution < -0.4 is 0 Å². The van der Waals surface area contributed by atoms with Crippen molar-refractivity contribution in [2.24, 2.45) is 0 Å². The van der Waals surface area contributed by atoms with Gasteiger partial charge in [0, 0.05) is 32.1 Å². The van der Waals surface area contributed by atoms with Gasteiger partial charge in [-0.15, -0.1) is 0 Å². The van der Waals surface area contributed by atoms with Gasteiger partial charge in [0.1, 0.15) is 5.76 Å². The maximum Gasteiger partial charge on any atom is 0.257 e. The highest BCUT2D eigenvalue weighted by Crippen LogP contribution is 2.25. The van der Waals surface area contributed by atoms with E-state index < -0.39 is 10.0 Å². The number of nitrogens with zero attached hydrogens (tertiary/aromatic N) is 2. The third kappa shape index (κ3) is 3.30. The molecule has 23 heavy (non-hydrogen) atoms. The van der Waals surface area contributed by atoms with Gasteiger partial charge in [-0.1, -0.05) is 6.92 Å². The Morgan fingerprint density at radius 3 is 2.87 bits per heavy atom. The Balaban J connectivity index is 1.73. The van der Waals surface area contributed by atoms with Crippen LogP contribution in [0.4, 0.5) is 0 Å². The van der Waals surface area contributed by atoms with Crippen LogP contribution in [0.2, 0.25) is 0 Å². The van der Waals surface area contributed by atoms with E-state index in [-0.39, 0.29) is 17.7 Å². The molecule has 3 rings (SSSR count). The molecular formula is C16H24N2O4S. The lowest BCUT2D eigenvalue weighted by Crippen LogP contribution is -2.50. The van der Waals surface area contributed by atoms with Crippen molar-refractivity contribution in [3.63, 3.8) is 0 Å². The molecule has 0 saturated carbocycles. The van der Waals surface area contributed by atoms with Gasteiger partial charge in [0.15, 0.2) is 0 Å². The molecule has 2 aliphatic heterocycles. The second-order valence-corrected chi connectivity index (χ2v) is 8.38. The number of furan rings is 1. The molecule has 128 valence electrons. The van der Waals surface area contributed by atoms with Crippen molar-refractivity contribution in [2.45, 2.75) is 45.1 Å². The van der Waals surface area contributed by atoms with Gasteiger partial charge in [-0.3, -0.25) is 4.79 Å². The van der Waals surface area contributed by atoms with Gasteiger partial charge in [-0.25, -0.2) is 8.42 Å². The molecule has 1 aromatic rings. The molecule has 6 nitrogen and oxygen atoms in total. The average molecular weight is 340 g/mol. The van der Waals surface area contributed by atoms with Gasteiger partial charge in [-0.2, -0.15) is 4.31 Å². The van der Waals surface area contributed by atoms with Gasteiger partial charge < -0.3 is 9.32 Å². The molecule has 0 aliphatic carbocycles. The van der Waals surface area contributed by atoms with Crippen LogP contribution in [0.5, 0.6) is 0 Å². The summed E-state index contributed by atoms with van der Waals surface area (Å²) in [6.45, 7) is 3.79. The van der Waals surface area contributed by atoms with Crippen molar-refractivity contribution in [2.75, 3.05) is 25.4 Å². The first-order valence-corrected chi connectivity index (χ1v) is 9.99. The molecule has 1 amide bonds. The number of likely N-dealkylation sites (tertiary alicyclic amines) is 1. The van der Waals surface area contributed by atoms with E-state index in [4.69, 9.17) is 4.42 Å². The third-order valence-corrected chi connectivity index (χ3v) is 6.68. The molecule has 0 bridgehead atoms. The van der Waals surface area contributed by atoms with Crippen molar-refractivity contribution in [1.82, 2.24) is 9.21 Å². The summed E-state index contributed by atoms with van der Waals surface area (Å²) >= 11 is 0. The Hall–Kier alpha value is -1.34. The quantitative estimate of drug-likeness (QED) is 0.839. The lowest BCUT2D eigenvalue weighted by molar-refractivity contribution is 0.0656. The molecule has 2 aliphatic rings. The van der Waals surface area contributed by atoms with Gasteiger partial charge in [0.05, 0.1) is 17.6 Å². The number of amides is 1. The molecule has 3 heterocycles. The SMILES string of the molecule is CCCc1occc1C(=O)N1CCC[C@H](N2CCCS2(=O)=O)C1. The molecule has 0 N–H and O–H groups in total. The molecule has 2 saturated heterocycles. The van der Waals surface area contributed by atoms with Gasteiger partial charge in [0.2, 0.25) is 10.0 Å². The highest BCUT2D eigenvalue weighted by atomic mass is 32.2. The van der Waals surface area contributed by atoms with Crippen molar-refractivity contribution in [3.05, 3.63) is 23.7 Å². The predicted octanol–water partition coefficient (Wildman–Crippen LogP) is 1.87. The highest BCUT2D eigenvalue weighted by Gasteiger charge is 2.37. The number of hydrogen-bond donors (Lipinski definition) is 0. The van der Waals surface area contributed by atoms with Crippen molar-refractivity contribution >= 4 is 15.9 Å². The average Bonchev–Trinajstić information content (AvgIpc) is 3.13. The fourth-order valence-corrected chi connectivity index (χ4v) is 5.33. The minimum atomic E-state index is -3.13. The standard InChI is InChI=1S/C16H24N2O4S/c1-2-5-15-14(7-10-22-15)16(19)17-8-3-6-13(12-17)18-9-4-11-23(18,20)21/h7,10,13H,2-6,8-9,11-12H2,1H3/t13-/m0/s1. The van der Waals surface area contributed by atoms with Gasteiger partial charge in [-0.05, 0) is 31.7 Å². The van der Waals surface area contributed by atoms with Crippen molar-refractivity contribution < 1.29 is 17.6 Å². The Labute approximate surface area is 137 Å². The van der Waals surface area contributed by atoms with Crippen LogP contribution in [0.15, 0.2) is 16.7 Å². The minimum absolute atomic E-state index is 0.0384. The van der Waals surface area contributed by atoms with Crippen LogP contribution >= 0.6 is 0 Å². The van der Waals surface area contributed by atoms with E-state index in [1.54, 1.807) is 21.5 Å². The zero-order valence-electron chi connectivity index (χ0n) is 13.5. The van der Waals surface area contributed by atoms with Crippen LogP contribution in [0.1, 0.15) is 48.7 Å². The van der Waals surface area contributed by atoms with E-state index in [9.17, 15) is 13.2 Å². The second kappa shape index (κ2) is 6.65. The van der Waals surface area contributed by atoms with E-state index >= 15 is 0 Å². The second-order valence-electron chi connectivity index (χ2n) is 6.33. The smallest absolute Gasteiger partial charge is 0.257 e. The number of piperidine rings is 1. The summed E-state index contributed by atoms with van der Waals surface area (Å²) in [5.74, 6) is 0.928. The highest BCUT2D eigenvalue weighted by molar-refractivity contribution is 7.89. The molecule has 2 fully saturated rings. The van der Waals surface area contributed by atoms with Crippen molar-refractivity contribution in [3.8, 4) is 0 Å². The van der Waals surface area contributed by atoms with Crippen molar-refractivity contribution in [1.29, 1.82) is 0 Å². The lowest BCUT2D eigenvalue weighted by atomic mass is 10.0. The molecular weight excluding hydrogens is 316 g/mol. The number of hydrogen-bond acceptors (Lipinski definition) is 4. The monoisotopic (exact) mass is 340 g/mol. The number of carbonyl (C=O) groups excluding carboxylic acids is 1. The Bertz CT molecular complexity index is 667. The van der Waals surface area contributed by atoms with Gasteiger partial charge in [0.25, 0.3) is 5.91 Å². The molecule has 1 atom stereocenters. The van der Waals surface area contributed by atoms with E-state index in [1.807, 2.05) is 6.92 Å². The van der Waals surface area contributed by atoms with Gasteiger partial charge >= 0.3 is 0 Å². The Kier molecular flexibility index (Phi) is 4.77. The molecule has 1 aromatic heterocycles. The van der Waals surface area contributed by atoms with E-state index in [2.05, 4.69) is 0 Å². The van der Waals surface area contributed by atoms with Crippen LogP contribution in [0.25, 0.3) is 0 Å². The zero-order chi connectivity index (χ0) is 16.4. The first-order valence-electron chi connectivity index (χ1n) is 8.38. The summed E-state index contributed by atoms with van der Waals surface area (Å²) in [6, 6.07) is 1.64. The van der Waals surface area contributed by atoms with E-state index in [0.717, 1.165) is 31.4 Å². The van der Waals surface area contributed by atoms with Crippen LogP contribution in [0, 0.1) is 0 Å². The molecule has 0 unspecified atom stereocenters. The zero-order valence-corrected chi connectivity index (χ0v) is 14.3. The lowest BCUT2D eigenvalue weighted by Gasteiger charge is -2.36. The summed E-state index contributed by atoms with van der Waals surface area (Å²) in [6.07, 6.45) is 5.58. The Morgan fingerprint density at radius 1 is 1.35 bits per heavy atom. The van der Waals surface area contributed by atoms with Crippen LogP contribution in [-0.2, 0) is 16.4 Å². The Morgan fingerprint density at radius 2 is 2.17 bits per heavy atom. The van der Waals surface area contributed by atoms with E-state index in [0.29, 0.717) is 31.6 Å². The minimum Gasteiger partial charge on any atom is -0.469 e. The number of aryl methyl sites for hydroxylation is 1. The maximum atomic E-state index is 12.8. The van der Waals surface area contributed by atoms with Crippen LogP contribution in [0.3, 0.4) is 0 Å². The molecule has 0 aromatic carbocycles. The topological polar surface area (TPSA) is 70.8 Å². The first-order chi connectivity index (χ1) is 11.0. The molecule has 7 heteroatoms. The first kappa shape index (κ1) is 16.5. The fourth-order valence-electron chi connectivity index (χ4n) is 3.57. The summed E-state index contributed by atoms with van der Waals surface area (Å²) < 4.78 is 31.3. The summed E-state index contributed by atoms with van der Waals surface area (Å²) in [4.78, 5) is 14.6. The summed E-state index contributed by atoms with van der Waals surface area (Å²) in [5, 5.41) is 0.